The summed E-state index contributed by atoms with van der Waals surface area (Å²) in [5.41, 5.74) is 5.16. The van der Waals surface area contributed by atoms with Crippen molar-refractivity contribution in [2.45, 2.75) is 17.7 Å². The lowest BCUT2D eigenvalue weighted by molar-refractivity contribution is 1.02. The van der Waals surface area contributed by atoms with E-state index in [0.717, 1.165) is 29.2 Å². The maximum atomic E-state index is 4.75. The topological polar surface area (TPSA) is 24.9 Å². The van der Waals surface area contributed by atoms with E-state index in [0.29, 0.717) is 0 Å². The van der Waals surface area contributed by atoms with Crippen molar-refractivity contribution in [2.24, 2.45) is 0 Å². The number of fused-ring (bicyclic) bond motifs is 1. The molecule has 1 aliphatic carbocycles. The van der Waals surface area contributed by atoms with Crippen LogP contribution < -0.4 is 5.32 Å². The van der Waals surface area contributed by atoms with E-state index in [-0.39, 0.29) is 0 Å². The highest BCUT2D eigenvalue weighted by molar-refractivity contribution is 7.98. The van der Waals surface area contributed by atoms with Gasteiger partial charge in [0.15, 0.2) is 5.13 Å². The Morgan fingerprint density at radius 3 is 2.79 bits per heavy atom. The molecule has 5 rings (SSSR count). The maximum absolute atomic E-state index is 4.75. The Bertz CT molecular complexity index is 1070. The normalized spacial score (nSPS) is 13.0. The van der Waals surface area contributed by atoms with Crippen molar-refractivity contribution in [1.29, 1.82) is 0 Å². The van der Waals surface area contributed by atoms with Gasteiger partial charge in [-0.1, -0.05) is 35.6 Å². The van der Waals surface area contributed by atoms with Gasteiger partial charge < -0.3 is 5.32 Å². The van der Waals surface area contributed by atoms with E-state index in [1.165, 1.54) is 31.5 Å². The van der Waals surface area contributed by atoms with Crippen LogP contribution in [0.2, 0.25) is 0 Å². The molecule has 0 saturated heterocycles. The first-order valence-corrected chi connectivity index (χ1v) is 10.1. The molecule has 3 aromatic carbocycles. The number of nitrogens with one attached hydrogen (secondary N) is 1. The second kappa shape index (κ2) is 5.50. The van der Waals surface area contributed by atoms with Crippen LogP contribution in [0.1, 0.15) is 11.1 Å². The first-order valence-electron chi connectivity index (χ1n) is 8.07. The third kappa shape index (κ3) is 2.21. The van der Waals surface area contributed by atoms with Gasteiger partial charge in [-0.05, 0) is 59.9 Å². The van der Waals surface area contributed by atoms with Crippen LogP contribution in [0.15, 0.2) is 53.4 Å². The standard InChI is InChI=1S/C20H16N2S2/c1-23-14-8-10-17-18(11-14)24-20(22-17)21-16-9-7-13-6-5-12-3-2-4-15(16)19(12)13/h2-4,7-11H,5-6H2,1H3,(H,21,22). The Hall–Kier alpha value is -2.04. The fourth-order valence-electron chi connectivity index (χ4n) is 3.56. The van der Waals surface area contributed by atoms with E-state index in [2.05, 4.69) is 60.1 Å². The zero-order chi connectivity index (χ0) is 16.1. The fraction of sp³-hybridized carbons (Fsp3) is 0.150. The Balaban J connectivity index is 1.60. The van der Waals surface area contributed by atoms with Gasteiger partial charge in [-0.3, -0.25) is 0 Å². The van der Waals surface area contributed by atoms with Gasteiger partial charge in [-0.15, -0.1) is 11.8 Å². The first kappa shape index (κ1) is 14.3. The average Bonchev–Trinajstić information content (AvgIpc) is 3.21. The molecule has 0 radical (unpaired) electrons. The van der Waals surface area contributed by atoms with Crippen molar-refractivity contribution in [3.8, 4) is 0 Å². The van der Waals surface area contributed by atoms with Gasteiger partial charge in [0.05, 0.1) is 10.2 Å². The Kier molecular flexibility index (Phi) is 3.28. The van der Waals surface area contributed by atoms with E-state index in [4.69, 9.17) is 4.98 Å². The minimum Gasteiger partial charge on any atom is -0.331 e. The zero-order valence-corrected chi connectivity index (χ0v) is 14.9. The average molecular weight is 348 g/mol. The molecule has 0 bridgehead atoms. The molecule has 0 spiro atoms. The number of nitrogens with zero attached hydrogens (tertiary/aromatic N) is 1. The Labute approximate surface area is 148 Å². The monoisotopic (exact) mass is 348 g/mol. The molecule has 0 amide bonds. The van der Waals surface area contributed by atoms with Gasteiger partial charge in [-0.2, -0.15) is 0 Å². The van der Waals surface area contributed by atoms with E-state index in [1.54, 1.807) is 23.1 Å². The fourth-order valence-corrected chi connectivity index (χ4v) is 4.99. The molecule has 1 aliphatic rings. The summed E-state index contributed by atoms with van der Waals surface area (Å²) in [6, 6.07) is 17.6. The van der Waals surface area contributed by atoms with E-state index >= 15 is 0 Å². The largest absolute Gasteiger partial charge is 0.331 e. The number of thiazole rings is 1. The van der Waals surface area contributed by atoms with Crippen LogP contribution in [-0.4, -0.2) is 11.2 Å². The lowest BCUT2D eigenvalue weighted by Crippen LogP contribution is -1.91. The minimum absolute atomic E-state index is 0.960. The number of hydrogen-bond donors (Lipinski definition) is 1. The molecule has 118 valence electrons. The summed E-state index contributed by atoms with van der Waals surface area (Å²) in [5, 5.41) is 7.27. The SMILES string of the molecule is CSc1ccc2nc(Nc3ccc4c5c(cccc35)CC4)sc2c1. The first-order chi connectivity index (χ1) is 11.8. The molecule has 0 aliphatic heterocycles. The molecule has 1 aromatic heterocycles. The van der Waals surface area contributed by atoms with Crippen LogP contribution in [0.5, 0.6) is 0 Å². The Morgan fingerprint density at radius 2 is 1.92 bits per heavy atom. The van der Waals surface area contributed by atoms with Crippen LogP contribution in [0.25, 0.3) is 21.0 Å². The lowest BCUT2D eigenvalue weighted by atomic mass is 10.0. The summed E-state index contributed by atoms with van der Waals surface area (Å²) in [4.78, 5) is 6.03. The minimum atomic E-state index is 0.960. The summed E-state index contributed by atoms with van der Waals surface area (Å²) in [6.07, 6.45) is 4.43. The predicted octanol–water partition coefficient (Wildman–Crippen LogP) is 6.01. The quantitative estimate of drug-likeness (QED) is 0.459. The van der Waals surface area contributed by atoms with Crippen molar-refractivity contribution < 1.29 is 0 Å². The van der Waals surface area contributed by atoms with Crippen LogP contribution in [0, 0.1) is 0 Å². The number of aromatic nitrogens is 1. The number of thioether (sulfide) groups is 1. The number of anilines is 2. The lowest BCUT2D eigenvalue weighted by Gasteiger charge is -2.09. The van der Waals surface area contributed by atoms with Crippen molar-refractivity contribution in [3.05, 3.63) is 59.7 Å². The van der Waals surface area contributed by atoms with Crippen LogP contribution in [0.3, 0.4) is 0 Å². The molecule has 0 atom stereocenters. The van der Waals surface area contributed by atoms with Gasteiger partial charge >= 0.3 is 0 Å². The van der Waals surface area contributed by atoms with Gasteiger partial charge in [0.1, 0.15) is 0 Å². The van der Waals surface area contributed by atoms with E-state index < -0.39 is 0 Å². The number of rotatable bonds is 3. The van der Waals surface area contributed by atoms with Crippen molar-refractivity contribution in [2.75, 3.05) is 11.6 Å². The predicted molar refractivity (Wildman–Crippen MR) is 106 cm³/mol. The smallest absolute Gasteiger partial charge is 0.188 e. The molecule has 1 N–H and O–H groups in total. The molecule has 24 heavy (non-hydrogen) atoms. The Morgan fingerprint density at radius 1 is 1.04 bits per heavy atom. The number of aryl methyl sites for hydroxylation is 2. The van der Waals surface area contributed by atoms with E-state index in [1.807, 2.05) is 0 Å². The molecule has 2 nitrogen and oxygen atoms in total. The van der Waals surface area contributed by atoms with Crippen LogP contribution >= 0.6 is 23.1 Å². The van der Waals surface area contributed by atoms with Crippen molar-refractivity contribution >= 4 is 54.9 Å². The summed E-state index contributed by atoms with van der Waals surface area (Å²) in [5.74, 6) is 0. The number of hydrogen-bond acceptors (Lipinski definition) is 4. The molecule has 4 aromatic rings. The maximum Gasteiger partial charge on any atom is 0.188 e. The summed E-state index contributed by atoms with van der Waals surface area (Å²) < 4.78 is 1.23. The second-order valence-electron chi connectivity index (χ2n) is 6.09. The van der Waals surface area contributed by atoms with Crippen molar-refractivity contribution in [1.82, 2.24) is 4.98 Å². The van der Waals surface area contributed by atoms with Crippen LogP contribution in [-0.2, 0) is 12.8 Å². The molecular formula is C20H16N2S2. The second-order valence-corrected chi connectivity index (χ2v) is 8.00. The van der Waals surface area contributed by atoms with Gasteiger partial charge in [-0.25, -0.2) is 4.98 Å². The molecule has 1 heterocycles. The van der Waals surface area contributed by atoms with Gasteiger partial charge in [0.25, 0.3) is 0 Å². The third-order valence-electron chi connectivity index (χ3n) is 4.71. The molecule has 0 saturated carbocycles. The molecule has 0 unspecified atom stereocenters. The number of benzene rings is 3. The highest BCUT2D eigenvalue weighted by atomic mass is 32.2. The third-order valence-corrected chi connectivity index (χ3v) is 6.37. The summed E-state index contributed by atoms with van der Waals surface area (Å²) in [6.45, 7) is 0. The molecule has 0 fully saturated rings. The summed E-state index contributed by atoms with van der Waals surface area (Å²) >= 11 is 3.49. The zero-order valence-electron chi connectivity index (χ0n) is 13.3. The van der Waals surface area contributed by atoms with Gasteiger partial charge in [0, 0.05) is 16.0 Å². The highest BCUT2D eigenvalue weighted by Gasteiger charge is 2.16. The highest BCUT2D eigenvalue weighted by Crippen LogP contribution is 2.37. The molecule has 4 heteroatoms. The van der Waals surface area contributed by atoms with Crippen molar-refractivity contribution in [3.63, 3.8) is 0 Å². The summed E-state index contributed by atoms with van der Waals surface area (Å²) in [7, 11) is 0. The van der Waals surface area contributed by atoms with Gasteiger partial charge in [0.2, 0.25) is 0 Å². The molecular weight excluding hydrogens is 332 g/mol. The van der Waals surface area contributed by atoms with Crippen LogP contribution in [0.4, 0.5) is 10.8 Å². The van der Waals surface area contributed by atoms with E-state index in [9.17, 15) is 0 Å².